The second kappa shape index (κ2) is 10.3. The van der Waals surface area contributed by atoms with Gasteiger partial charge in [0.15, 0.2) is 5.16 Å². The Hall–Kier alpha value is -3.00. The molecule has 3 aromatic rings. The first-order valence-electron chi connectivity index (χ1n) is 10.6. The van der Waals surface area contributed by atoms with Gasteiger partial charge in [0.1, 0.15) is 12.4 Å². The van der Waals surface area contributed by atoms with Crippen molar-refractivity contribution in [3.8, 4) is 11.4 Å². The average molecular weight is 438 g/mol. The first-order valence-corrected chi connectivity index (χ1v) is 11.5. The monoisotopic (exact) mass is 437 g/mol. The molecule has 7 nitrogen and oxygen atoms in total. The Morgan fingerprint density at radius 3 is 2.55 bits per heavy atom. The van der Waals surface area contributed by atoms with Gasteiger partial charge < -0.3 is 15.0 Å². The van der Waals surface area contributed by atoms with Gasteiger partial charge in [-0.3, -0.25) is 9.36 Å². The van der Waals surface area contributed by atoms with Crippen molar-refractivity contribution in [1.29, 1.82) is 0 Å². The fourth-order valence-corrected chi connectivity index (χ4v) is 4.23. The summed E-state index contributed by atoms with van der Waals surface area (Å²) in [4.78, 5) is 14.6. The molecule has 1 fully saturated rings. The molecule has 1 amide bonds. The Labute approximate surface area is 186 Å². The van der Waals surface area contributed by atoms with Crippen LogP contribution in [-0.4, -0.2) is 52.7 Å². The summed E-state index contributed by atoms with van der Waals surface area (Å²) in [5.74, 6) is 1.87. The van der Waals surface area contributed by atoms with Gasteiger partial charge in [-0.15, -0.1) is 10.2 Å². The number of benzene rings is 2. The van der Waals surface area contributed by atoms with Crippen LogP contribution < -0.4 is 15.0 Å². The number of amides is 1. The van der Waals surface area contributed by atoms with Gasteiger partial charge in [0, 0.05) is 13.1 Å². The van der Waals surface area contributed by atoms with Crippen LogP contribution in [0.4, 0.5) is 5.95 Å². The number of hydrogen-bond donors (Lipinski definition) is 1. The lowest BCUT2D eigenvalue weighted by molar-refractivity contribution is -0.118. The van der Waals surface area contributed by atoms with Gasteiger partial charge in [0.25, 0.3) is 0 Å². The zero-order chi connectivity index (χ0) is 21.5. The average Bonchev–Trinajstić information content (AvgIpc) is 3.46. The molecule has 0 aliphatic carbocycles. The Morgan fingerprint density at radius 2 is 1.81 bits per heavy atom. The fourth-order valence-electron chi connectivity index (χ4n) is 3.45. The number of nitrogens with one attached hydrogen (secondary N) is 1. The summed E-state index contributed by atoms with van der Waals surface area (Å²) in [6, 6.07) is 17.9. The Morgan fingerprint density at radius 1 is 1.06 bits per heavy atom. The number of carbonyl (C=O) groups excluding carboxylic acids is 1. The van der Waals surface area contributed by atoms with Gasteiger partial charge in [-0.1, -0.05) is 47.7 Å². The molecule has 0 radical (unpaired) electrons. The van der Waals surface area contributed by atoms with Crippen LogP contribution in [-0.2, 0) is 4.79 Å². The third-order valence-corrected chi connectivity index (χ3v) is 5.99. The molecular formula is C23H27N5O2S. The number of para-hydroxylation sites is 1. The van der Waals surface area contributed by atoms with Gasteiger partial charge in [-0.25, -0.2) is 0 Å². The van der Waals surface area contributed by atoms with Crippen molar-refractivity contribution >= 4 is 23.6 Å². The van der Waals surface area contributed by atoms with Crippen LogP contribution in [0.15, 0.2) is 59.8 Å². The van der Waals surface area contributed by atoms with Crippen molar-refractivity contribution < 1.29 is 9.53 Å². The summed E-state index contributed by atoms with van der Waals surface area (Å²) in [5, 5.41) is 12.5. The molecule has 0 spiro atoms. The number of anilines is 1. The second-order valence-corrected chi connectivity index (χ2v) is 8.39. The van der Waals surface area contributed by atoms with Crippen LogP contribution in [0.1, 0.15) is 18.4 Å². The summed E-state index contributed by atoms with van der Waals surface area (Å²) in [6.07, 6.45) is 2.33. The molecular weight excluding hydrogens is 410 g/mol. The van der Waals surface area contributed by atoms with Crippen molar-refractivity contribution in [3.05, 3.63) is 60.2 Å². The summed E-state index contributed by atoms with van der Waals surface area (Å²) in [7, 11) is 0. The molecule has 1 N–H and O–H groups in total. The van der Waals surface area contributed by atoms with E-state index in [0.29, 0.717) is 13.2 Å². The van der Waals surface area contributed by atoms with Crippen molar-refractivity contribution in [1.82, 2.24) is 20.1 Å². The second-order valence-electron chi connectivity index (χ2n) is 7.45. The van der Waals surface area contributed by atoms with E-state index >= 15 is 0 Å². The molecule has 8 heteroatoms. The quantitative estimate of drug-likeness (QED) is 0.408. The van der Waals surface area contributed by atoms with Crippen LogP contribution >= 0.6 is 11.8 Å². The predicted molar refractivity (Wildman–Crippen MR) is 123 cm³/mol. The molecule has 31 heavy (non-hydrogen) atoms. The van der Waals surface area contributed by atoms with Crippen LogP contribution in [0.25, 0.3) is 5.69 Å². The van der Waals surface area contributed by atoms with Gasteiger partial charge >= 0.3 is 0 Å². The molecule has 2 aromatic carbocycles. The molecule has 0 bridgehead atoms. The van der Waals surface area contributed by atoms with Crippen molar-refractivity contribution in [2.24, 2.45) is 0 Å². The van der Waals surface area contributed by atoms with E-state index in [0.717, 1.165) is 48.5 Å². The van der Waals surface area contributed by atoms with E-state index in [1.807, 2.05) is 30.3 Å². The maximum Gasteiger partial charge on any atom is 0.232 e. The van der Waals surface area contributed by atoms with E-state index in [4.69, 9.17) is 4.74 Å². The third kappa shape index (κ3) is 5.58. The van der Waals surface area contributed by atoms with E-state index < -0.39 is 0 Å². The summed E-state index contributed by atoms with van der Waals surface area (Å²) >= 11 is 1.40. The van der Waals surface area contributed by atoms with E-state index in [1.54, 1.807) is 0 Å². The van der Waals surface area contributed by atoms with E-state index in [2.05, 4.69) is 56.2 Å². The maximum atomic E-state index is 12.3. The molecule has 1 aliphatic rings. The number of nitrogens with zero attached hydrogens (tertiary/aromatic N) is 4. The van der Waals surface area contributed by atoms with Gasteiger partial charge in [0.2, 0.25) is 11.9 Å². The van der Waals surface area contributed by atoms with Crippen LogP contribution in [0.3, 0.4) is 0 Å². The fraction of sp³-hybridized carbons (Fsp3) is 0.348. The largest absolute Gasteiger partial charge is 0.492 e. The Balaban J connectivity index is 1.36. The molecule has 0 unspecified atom stereocenters. The zero-order valence-electron chi connectivity index (χ0n) is 17.7. The van der Waals surface area contributed by atoms with Crippen molar-refractivity contribution in [3.63, 3.8) is 0 Å². The number of carbonyl (C=O) groups is 1. The SMILES string of the molecule is Cc1ccc(-n2c(SCC(=O)NCCOc3ccccc3)nnc2N2CCCC2)cc1. The van der Waals surface area contributed by atoms with Gasteiger partial charge in [-0.2, -0.15) is 0 Å². The predicted octanol–water partition coefficient (Wildman–Crippen LogP) is 3.46. The van der Waals surface area contributed by atoms with Crippen molar-refractivity contribution in [2.75, 3.05) is 36.9 Å². The highest BCUT2D eigenvalue weighted by Gasteiger charge is 2.22. The molecule has 1 aliphatic heterocycles. The number of rotatable bonds is 9. The smallest absolute Gasteiger partial charge is 0.232 e. The molecule has 162 valence electrons. The minimum Gasteiger partial charge on any atom is -0.492 e. The lowest BCUT2D eigenvalue weighted by Crippen LogP contribution is -2.29. The summed E-state index contributed by atoms with van der Waals surface area (Å²) in [6.45, 7) is 4.92. The zero-order valence-corrected chi connectivity index (χ0v) is 18.5. The Kier molecular flexibility index (Phi) is 7.09. The summed E-state index contributed by atoms with van der Waals surface area (Å²) in [5.41, 5.74) is 2.21. The molecule has 0 atom stereocenters. The molecule has 4 rings (SSSR count). The Bertz CT molecular complexity index is 985. The highest BCUT2D eigenvalue weighted by atomic mass is 32.2. The maximum absolute atomic E-state index is 12.3. The number of hydrogen-bond acceptors (Lipinski definition) is 6. The minimum absolute atomic E-state index is 0.0529. The minimum atomic E-state index is -0.0529. The molecule has 0 saturated carbocycles. The molecule has 2 heterocycles. The van der Waals surface area contributed by atoms with E-state index in [9.17, 15) is 4.79 Å². The number of thioether (sulfide) groups is 1. The third-order valence-electron chi connectivity index (χ3n) is 5.07. The standard InChI is InChI=1S/C23H27N5O2S/c1-18-9-11-19(12-10-18)28-22(27-14-5-6-15-27)25-26-23(28)31-17-21(29)24-13-16-30-20-7-3-2-4-8-20/h2-4,7-12H,5-6,13-17H2,1H3,(H,24,29). The normalized spacial score (nSPS) is 13.4. The van der Waals surface area contributed by atoms with Gasteiger partial charge in [0.05, 0.1) is 18.0 Å². The molecule has 1 aromatic heterocycles. The number of aryl methyl sites for hydroxylation is 1. The number of ether oxygens (including phenoxy) is 1. The lowest BCUT2D eigenvalue weighted by Gasteiger charge is -2.18. The first-order chi connectivity index (χ1) is 15.2. The lowest BCUT2D eigenvalue weighted by atomic mass is 10.2. The highest BCUT2D eigenvalue weighted by molar-refractivity contribution is 7.99. The van der Waals surface area contributed by atoms with Crippen LogP contribution in [0.2, 0.25) is 0 Å². The van der Waals surface area contributed by atoms with Gasteiger partial charge in [-0.05, 0) is 44.0 Å². The first kappa shape index (κ1) is 21.2. The van der Waals surface area contributed by atoms with E-state index in [1.165, 1.54) is 17.3 Å². The van der Waals surface area contributed by atoms with Crippen molar-refractivity contribution in [2.45, 2.75) is 24.9 Å². The topological polar surface area (TPSA) is 72.3 Å². The van der Waals surface area contributed by atoms with Crippen LogP contribution in [0.5, 0.6) is 5.75 Å². The molecule has 1 saturated heterocycles. The number of aromatic nitrogens is 3. The van der Waals surface area contributed by atoms with Crippen LogP contribution in [0, 0.1) is 6.92 Å². The van der Waals surface area contributed by atoms with E-state index in [-0.39, 0.29) is 11.7 Å². The summed E-state index contributed by atoms with van der Waals surface area (Å²) < 4.78 is 7.67. The highest BCUT2D eigenvalue weighted by Crippen LogP contribution is 2.28.